The molecule has 0 atom stereocenters. The third-order valence-electron chi connectivity index (χ3n) is 3.67. The van der Waals surface area contributed by atoms with Crippen molar-refractivity contribution in [2.24, 2.45) is 0 Å². The van der Waals surface area contributed by atoms with Crippen LogP contribution in [-0.4, -0.2) is 38.7 Å². The summed E-state index contributed by atoms with van der Waals surface area (Å²) in [4.78, 5) is 37.7. The highest BCUT2D eigenvalue weighted by molar-refractivity contribution is 8.26. The molecule has 1 saturated heterocycles. The molecule has 2 N–H and O–H groups in total. The number of nitrogens with zero attached hydrogens (tertiary/aromatic N) is 1. The number of carbonyl (C=O) groups excluding carboxylic acids is 2. The summed E-state index contributed by atoms with van der Waals surface area (Å²) in [5.41, 5.74) is 0.934. The van der Waals surface area contributed by atoms with Crippen molar-refractivity contribution in [3.05, 3.63) is 58.4 Å². The summed E-state index contributed by atoms with van der Waals surface area (Å²) < 4.78 is 5.43. The number of thioether (sulfide) groups is 1. The van der Waals surface area contributed by atoms with Gasteiger partial charge in [-0.25, -0.2) is 4.79 Å². The molecule has 0 bridgehead atoms. The smallest absolute Gasteiger partial charge is 0.337 e. The lowest BCUT2D eigenvalue weighted by Gasteiger charge is -2.15. The molecule has 0 aliphatic carbocycles. The van der Waals surface area contributed by atoms with Crippen LogP contribution in [0.15, 0.2) is 45.9 Å². The molecule has 0 radical (unpaired) electrons. The Labute approximate surface area is 164 Å². The Morgan fingerprint density at radius 3 is 2.81 bits per heavy atom. The van der Waals surface area contributed by atoms with Crippen LogP contribution in [0.2, 0.25) is 0 Å². The lowest BCUT2D eigenvalue weighted by atomic mass is 10.1. The van der Waals surface area contributed by atoms with Crippen LogP contribution >= 0.6 is 24.0 Å². The highest BCUT2D eigenvalue weighted by Gasteiger charge is 2.33. The molecule has 2 heterocycles. The molecule has 0 saturated carbocycles. The number of anilines is 1. The molecule has 2 amide bonds. The lowest BCUT2D eigenvalue weighted by Crippen LogP contribution is -2.36. The molecule has 1 aliphatic rings. The van der Waals surface area contributed by atoms with E-state index in [9.17, 15) is 19.5 Å². The summed E-state index contributed by atoms with van der Waals surface area (Å²) in [6.07, 6.45) is 3.04. The van der Waals surface area contributed by atoms with Gasteiger partial charge in [-0.2, -0.15) is 0 Å². The Morgan fingerprint density at radius 2 is 2.15 bits per heavy atom. The second kappa shape index (κ2) is 7.77. The summed E-state index contributed by atoms with van der Waals surface area (Å²) >= 11 is 6.26. The molecule has 1 aromatic carbocycles. The minimum atomic E-state index is -1.16. The fourth-order valence-electron chi connectivity index (χ4n) is 2.42. The van der Waals surface area contributed by atoms with Crippen molar-refractivity contribution in [3.8, 4) is 0 Å². The van der Waals surface area contributed by atoms with E-state index in [0.29, 0.717) is 10.7 Å². The first kappa shape index (κ1) is 18.9. The van der Waals surface area contributed by atoms with E-state index in [2.05, 4.69) is 5.32 Å². The second-order valence-corrected chi connectivity index (χ2v) is 7.36. The zero-order valence-electron chi connectivity index (χ0n) is 14.1. The summed E-state index contributed by atoms with van der Waals surface area (Å²) in [5, 5.41) is 11.8. The Balaban J connectivity index is 1.73. The van der Waals surface area contributed by atoms with Gasteiger partial charge in [-0.3, -0.25) is 14.5 Å². The van der Waals surface area contributed by atoms with Crippen molar-refractivity contribution in [1.29, 1.82) is 0 Å². The van der Waals surface area contributed by atoms with Crippen molar-refractivity contribution < 1.29 is 23.9 Å². The van der Waals surface area contributed by atoms with Gasteiger partial charge in [0.05, 0.1) is 22.4 Å². The molecule has 1 aromatic heterocycles. The zero-order chi connectivity index (χ0) is 19.6. The Bertz CT molecular complexity index is 966. The normalized spacial score (nSPS) is 15.4. The number of carboxylic acids is 1. The predicted molar refractivity (Wildman–Crippen MR) is 105 cm³/mol. The van der Waals surface area contributed by atoms with Crippen LogP contribution in [-0.2, 0) is 9.59 Å². The number of carboxylic acid groups (broad SMARTS) is 1. The van der Waals surface area contributed by atoms with Crippen LogP contribution in [0, 0.1) is 6.92 Å². The minimum absolute atomic E-state index is 0.0305. The van der Waals surface area contributed by atoms with Crippen molar-refractivity contribution >= 4 is 57.8 Å². The molecule has 0 unspecified atom stereocenters. The maximum Gasteiger partial charge on any atom is 0.337 e. The van der Waals surface area contributed by atoms with Crippen molar-refractivity contribution in [2.45, 2.75) is 6.92 Å². The predicted octanol–water partition coefficient (Wildman–Crippen LogP) is 3.13. The topological polar surface area (TPSA) is 99.9 Å². The lowest BCUT2D eigenvalue weighted by molar-refractivity contribution is -0.126. The average Bonchev–Trinajstić information content (AvgIpc) is 3.19. The van der Waals surface area contributed by atoms with E-state index >= 15 is 0 Å². The fourth-order valence-corrected chi connectivity index (χ4v) is 3.66. The minimum Gasteiger partial charge on any atom is -0.478 e. The highest BCUT2D eigenvalue weighted by atomic mass is 32.2. The first-order valence-corrected chi connectivity index (χ1v) is 9.00. The SMILES string of the molecule is Cc1ccc(C(=O)O)c(NC(=O)CN2C(=O)/C(=C/c3ccco3)SC2=S)c1. The Morgan fingerprint density at radius 1 is 1.37 bits per heavy atom. The Kier molecular flexibility index (Phi) is 5.43. The quantitative estimate of drug-likeness (QED) is 0.585. The van der Waals surface area contributed by atoms with Crippen LogP contribution in [0.4, 0.5) is 5.69 Å². The zero-order valence-corrected chi connectivity index (χ0v) is 15.7. The van der Waals surface area contributed by atoms with E-state index in [1.54, 1.807) is 37.3 Å². The number of carbonyl (C=O) groups is 3. The monoisotopic (exact) mass is 402 g/mol. The van der Waals surface area contributed by atoms with Gasteiger partial charge in [-0.15, -0.1) is 0 Å². The number of rotatable bonds is 5. The number of benzene rings is 1. The van der Waals surface area contributed by atoms with E-state index in [1.807, 2.05) is 0 Å². The molecule has 0 spiro atoms. The van der Waals surface area contributed by atoms with E-state index in [0.717, 1.165) is 17.3 Å². The number of furan rings is 1. The molecular formula is C18H14N2O5S2. The van der Waals surface area contributed by atoms with Gasteiger partial charge in [0.15, 0.2) is 0 Å². The van der Waals surface area contributed by atoms with Crippen molar-refractivity contribution in [2.75, 3.05) is 11.9 Å². The van der Waals surface area contributed by atoms with E-state index in [-0.39, 0.29) is 22.1 Å². The second-order valence-electron chi connectivity index (χ2n) is 5.69. The summed E-state index contributed by atoms with van der Waals surface area (Å²) in [7, 11) is 0. The summed E-state index contributed by atoms with van der Waals surface area (Å²) in [6, 6.07) is 8.01. The largest absolute Gasteiger partial charge is 0.478 e. The van der Waals surface area contributed by atoms with Crippen LogP contribution in [0.1, 0.15) is 21.7 Å². The number of thiocarbonyl (C=S) groups is 1. The summed E-state index contributed by atoms with van der Waals surface area (Å²) in [5.74, 6) is -1.60. The number of hydrogen-bond acceptors (Lipinski definition) is 6. The number of hydrogen-bond donors (Lipinski definition) is 2. The van der Waals surface area contributed by atoms with Gasteiger partial charge in [-0.05, 0) is 36.8 Å². The third-order valence-corrected chi connectivity index (χ3v) is 5.05. The highest BCUT2D eigenvalue weighted by Crippen LogP contribution is 2.32. The first-order chi connectivity index (χ1) is 12.8. The molecule has 1 fully saturated rings. The van der Waals surface area contributed by atoms with Gasteiger partial charge >= 0.3 is 5.97 Å². The van der Waals surface area contributed by atoms with Crippen LogP contribution in [0.5, 0.6) is 0 Å². The number of nitrogens with one attached hydrogen (secondary N) is 1. The number of amides is 2. The first-order valence-electron chi connectivity index (χ1n) is 7.78. The van der Waals surface area contributed by atoms with E-state index in [4.69, 9.17) is 16.6 Å². The fraction of sp³-hybridized carbons (Fsp3) is 0.111. The molecule has 2 aromatic rings. The van der Waals surface area contributed by atoms with E-state index < -0.39 is 17.8 Å². The van der Waals surface area contributed by atoms with Gasteiger partial charge in [-0.1, -0.05) is 30.0 Å². The molecular weight excluding hydrogens is 388 g/mol. The van der Waals surface area contributed by atoms with E-state index in [1.165, 1.54) is 17.2 Å². The van der Waals surface area contributed by atoms with Crippen molar-refractivity contribution in [3.63, 3.8) is 0 Å². The molecule has 3 rings (SSSR count). The summed E-state index contributed by atoms with van der Waals surface area (Å²) in [6.45, 7) is 1.47. The molecule has 138 valence electrons. The number of aryl methyl sites for hydroxylation is 1. The van der Waals surface area contributed by atoms with Crippen LogP contribution in [0.25, 0.3) is 6.08 Å². The molecule has 9 heteroatoms. The Hall–Kier alpha value is -2.91. The van der Waals surface area contributed by atoms with Gasteiger partial charge in [0.25, 0.3) is 5.91 Å². The molecule has 7 nitrogen and oxygen atoms in total. The molecule has 27 heavy (non-hydrogen) atoms. The van der Waals surface area contributed by atoms with Gasteiger partial charge in [0.1, 0.15) is 16.6 Å². The maximum absolute atomic E-state index is 12.5. The average molecular weight is 402 g/mol. The number of aromatic carboxylic acids is 1. The van der Waals surface area contributed by atoms with Gasteiger partial charge in [0, 0.05) is 6.08 Å². The molecule has 1 aliphatic heterocycles. The van der Waals surface area contributed by atoms with Crippen LogP contribution in [0.3, 0.4) is 0 Å². The van der Waals surface area contributed by atoms with Gasteiger partial charge in [0.2, 0.25) is 5.91 Å². The van der Waals surface area contributed by atoms with Crippen LogP contribution < -0.4 is 5.32 Å². The van der Waals surface area contributed by atoms with Crippen molar-refractivity contribution in [1.82, 2.24) is 4.90 Å². The maximum atomic E-state index is 12.5. The standard InChI is InChI=1S/C18H14N2O5S2/c1-10-4-5-12(17(23)24)13(7-10)19-15(21)9-20-16(22)14(27-18(20)26)8-11-3-2-6-25-11/h2-8H,9H2,1H3,(H,19,21)(H,23,24)/b14-8-. The third kappa shape index (κ3) is 4.26. The van der Waals surface area contributed by atoms with Gasteiger partial charge < -0.3 is 14.8 Å².